The first-order chi connectivity index (χ1) is 14.0. The van der Waals surface area contributed by atoms with Crippen molar-refractivity contribution >= 4 is 17.2 Å². The van der Waals surface area contributed by atoms with Crippen LogP contribution in [0.4, 0.5) is 0 Å². The fraction of sp³-hybridized carbons (Fsp3) is 0.381. The molecule has 4 rings (SSSR count). The number of thiophene rings is 1. The lowest BCUT2D eigenvalue weighted by Gasteiger charge is -2.46. The molecule has 3 heterocycles. The Labute approximate surface area is 173 Å². The summed E-state index contributed by atoms with van der Waals surface area (Å²) in [6, 6.07) is 13.7. The molecule has 1 aliphatic heterocycles. The molecular formula is C21H25N5O2S. The molecule has 1 aliphatic rings. The summed E-state index contributed by atoms with van der Waals surface area (Å²) in [4.78, 5) is 20.3. The van der Waals surface area contributed by atoms with E-state index in [4.69, 9.17) is 0 Å². The molecule has 1 amide bonds. The van der Waals surface area contributed by atoms with E-state index in [0.717, 1.165) is 22.8 Å². The fourth-order valence-electron chi connectivity index (χ4n) is 3.95. The van der Waals surface area contributed by atoms with Crippen LogP contribution in [0, 0.1) is 6.92 Å². The van der Waals surface area contributed by atoms with Crippen molar-refractivity contribution in [1.82, 2.24) is 25.4 Å². The van der Waals surface area contributed by atoms with Gasteiger partial charge in [-0.2, -0.15) is 5.10 Å². The maximum atomic E-state index is 12.8. The van der Waals surface area contributed by atoms with Gasteiger partial charge < -0.3 is 10.4 Å². The Kier molecular flexibility index (Phi) is 5.75. The Bertz CT molecular complexity index is 943. The summed E-state index contributed by atoms with van der Waals surface area (Å²) in [6.45, 7) is 3.58. The number of hydrogen-bond donors (Lipinski definition) is 3. The summed E-state index contributed by atoms with van der Waals surface area (Å²) >= 11 is 1.56. The standard InChI is InChI=1S/C21H25N5O2S/c1-15-22-19(25-24-15)14-26-10-9-21(18(27)13-26,16-6-3-2-4-7-16)23-20(28)12-17-8-5-11-29-17/h2-8,11,18,27H,9-10,12-14H2,1H3,(H,23,28)(H,22,24,25)/t18-,21+/m1/s1. The molecule has 0 aliphatic carbocycles. The van der Waals surface area contributed by atoms with Crippen molar-refractivity contribution in [2.24, 2.45) is 0 Å². The lowest BCUT2D eigenvalue weighted by atomic mass is 9.78. The van der Waals surface area contributed by atoms with Gasteiger partial charge in [0.15, 0.2) is 5.82 Å². The molecule has 2 aromatic heterocycles. The van der Waals surface area contributed by atoms with Gasteiger partial charge in [-0.25, -0.2) is 4.98 Å². The number of benzene rings is 1. The van der Waals surface area contributed by atoms with E-state index in [1.807, 2.05) is 54.8 Å². The van der Waals surface area contributed by atoms with E-state index in [-0.39, 0.29) is 5.91 Å². The minimum absolute atomic E-state index is 0.0756. The number of carbonyl (C=O) groups is 1. The second kappa shape index (κ2) is 8.44. The molecule has 1 aromatic carbocycles. The number of β-amino-alcohol motifs (C(OH)–C–C–N with tert-alkyl or cyclic N) is 1. The van der Waals surface area contributed by atoms with Crippen LogP contribution in [-0.2, 0) is 23.3 Å². The van der Waals surface area contributed by atoms with Crippen molar-refractivity contribution in [3.63, 3.8) is 0 Å². The van der Waals surface area contributed by atoms with Crippen LogP contribution in [0.3, 0.4) is 0 Å². The van der Waals surface area contributed by atoms with E-state index >= 15 is 0 Å². The average Bonchev–Trinajstić information content (AvgIpc) is 3.36. The number of aryl methyl sites for hydroxylation is 1. The molecule has 29 heavy (non-hydrogen) atoms. The van der Waals surface area contributed by atoms with Gasteiger partial charge in [-0.15, -0.1) is 11.3 Å². The Balaban J connectivity index is 1.52. The minimum atomic E-state index is -0.805. The lowest BCUT2D eigenvalue weighted by Crippen LogP contribution is -2.62. The van der Waals surface area contributed by atoms with E-state index in [2.05, 4.69) is 25.4 Å². The van der Waals surface area contributed by atoms with Gasteiger partial charge in [-0.05, 0) is 30.4 Å². The molecule has 0 unspecified atom stereocenters. The summed E-state index contributed by atoms with van der Waals surface area (Å²) in [5.74, 6) is 1.41. The van der Waals surface area contributed by atoms with Crippen LogP contribution < -0.4 is 5.32 Å². The van der Waals surface area contributed by atoms with Crippen LogP contribution in [0.1, 0.15) is 28.5 Å². The molecule has 3 N–H and O–H groups in total. The van der Waals surface area contributed by atoms with Gasteiger partial charge in [-0.3, -0.25) is 14.8 Å². The lowest BCUT2D eigenvalue weighted by molar-refractivity contribution is -0.126. The maximum Gasteiger partial charge on any atom is 0.226 e. The van der Waals surface area contributed by atoms with Gasteiger partial charge >= 0.3 is 0 Å². The number of aromatic nitrogens is 3. The Morgan fingerprint density at radius 3 is 2.83 bits per heavy atom. The van der Waals surface area contributed by atoms with E-state index in [9.17, 15) is 9.90 Å². The van der Waals surface area contributed by atoms with Crippen molar-refractivity contribution in [3.8, 4) is 0 Å². The zero-order chi connectivity index (χ0) is 20.3. The largest absolute Gasteiger partial charge is 0.389 e. The number of rotatable bonds is 6. The molecular weight excluding hydrogens is 386 g/mol. The van der Waals surface area contributed by atoms with E-state index in [1.165, 1.54) is 0 Å². The first kappa shape index (κ1) is 19.8. The molecule has 1 saturated heterocycles. The minimum Gasteiger partial charge on any atom is -0.389 e. The van der Waals surface area contributed by atoms with E-state index < -0.39 is 11.6 Å². The van der Waals surface area contributed by atoms with Gasteiger partial charge in [0.1, 0.15) is 5.82 Å². The normalized spacial score (nSPS) is 22.5. The molecule has 7 nitrogen and oxygen atoms in total. The van der Waals surface area contributed by atoms with E-state index in [1.54, 1.807) is 11.3 Å². The molecule has 8 heteroatoms. The van der Waals surface area contributed by atoms with Crippen LogP contribution in [0.2, 0.25) is 0 Å². The summed E-state index contributed by atoms with van der Waals surface area (Å²) in [5.41, 5.74) is 0.126. The molecule has 0 saturated carbocycles. The number of aromatic amines is 1. The maximum absolute atomic E-state index is 12.8. The number of nitrogens with one attached hydrogen (secondary N) is 2. The SMILES string of the molecule is Cc1nc(CN2CC[C@](NC(=O)Cc3cccs3)(c3ccccc3)[C@H](O)C2)n[nH]1. The van der Waals surface area contributed by atoms with Crippen LogP contribution in [0.15, 0.2) is 47.8 Å². The second-order valence-corrected chi connectivity index (χ2v) is 8.51. The predicted octanol–water partition coefficient (Wildman–Crippen LogP) is 2.00. The van der Waals surface area contributed by atoms with Crippen LogP contribution in [0.25, 0.3) is 0 Å². The zero-order valence-corrected chi connectivity index (χ0v) is 17.2. The highest BCUT2D eigenvalue weighted by atomic mass is 32.1. The van der Waals surface area contributed by atoms with Gasteiger partial charge in [0.2, 0.25) is 5.91 Å². The number of H-pyrrole nitrogens is 1. The molecule has 2 atom stereocenters. The Hall–Kier alpha value is -2.55. The van der Waals surface area contributed by atoms with Gasteiger partial charge in [-0.1, -0.05) is 36.4 Å². The summed E-state index contributed by atoms with van der Waals surface area (Å²) in [7, 11) is 0. The van der Waals surface area contributed by atoms with Crippen LogP contribution in [-0.4, -0.2) is 50.3 Å². The van der Waals surface area contributed by atoms with Gasteiger partial charge in [0.25, 0.3) is 0 Å². The Morgan fingerprint density at radius 2 is 2.17 bits per heavy atom. The molecule has 1 fully saturated rings. The summed E-state index contributed by atoms with van der Waals surface area (Å²) in [5, 5.41) is 23.4. The fourth-order valence-corrected chi connectivity index (χ4v) is 4.65. The second-order valence-electron chi connectivity index (χ2n) is 7.48. The highest BCUT2D eigenvalue weighted by Crippen LogP contribution is 2.34. The molecule has 0 radical (unpaired) electrons. The monoisotopic (exact) mass is 411 g/mol. The molecule has 0 spiro atoms. The molecule has 3 aromatic rings. The van der Waals surface area contributed by atoms with Crippen molar-refractivity contribution in [3.05, 3.63) is 69.9 Å². The number of aliphatic hydroxyl groups is 1. The third-order valence-electron chi connectivity index (χ3n) is 5.40. The first-order valence-electron chi connectivity index (χ1n) is 9.72. The predicted molar refractivity (Wildman–Crippen MR) is 111 cm³/mol. The molecule has 152 valence electrons. The number of likely N-dealkylation sites (tertiary alicyclic amines) is 1. The van der Waals surface area contributed by atoms with Gasteiger partial charge in [0, 0.05) is 18.0 Å². The number of amides is 1. The average molecular weight is 412 g/mol. The summed E-state index contributed by atoms with van der Waals surface area (Å²) in [6.07, 6.45) is 0.183. The van der Waals surface area contributed by atoms with Crippen molar-refractivity contribution in [1.29, 1.82) is 0 Å². The third-order valence-corrected chi connectivity index (χ3v) is 6.27. The number of carbonyl (C=O) groups excluding carboxylic acids is 1. The van der Waals surface area contributed by atoms with Crippen molar-refractivity contribution in [2.45, 2.75) is 38.0 Å². The van der Waals surface area contributed by atoms with E-state index in [0.29, 0.717) is 31.8 Å². The van der Waals surface area contributed by atoms with Crippen molar-refractivity contribution < 1.29 is 9.90 Å². The number of aliphatic hydroxyl groups excluding tert-OH is 1. The third kappa shape index (κ3) is 4.39. The first-order valence-corrected chi connectivity index (χ1v) is 10.6. The van der Waals surface area contributed by atoms with Crippen LogP contribution >= 0.6 is 11.3 Å². The number of hydrogen-bond acceptors (Lipinski definition) is 6. The number of piperidine rings is 1. The number of nitrogens with zero attached hydrogens (tertiary/aromatic N) is 3. The van der Waals surface area contributed by atoms with Crippen LogP contribution in [0.5, 0.6) is 0 Å². The quantitative estimate of drug-likeness (QED) is 0.577. The van der Waals surface area contributed by atoms with Crippen molar-refractivity contribution in [2.75, 3.05) is 13.1 Å². The smallest absolute Gasteiger partial charge is 0.226 e. The Morgan fingerprint density at radius 1 is 1.34 bits per heavy atom. The molecule has 0 bridgehead atoms. The summed E-state index contributed by atoms with van der Waals surface area (Å²) < 4.78 is 0. The topological polar surface area (TPSA) is 94.1 Å². The highest BCUT2D eigenvalue weighted by molar-refractivity contribution is 7.10. The zero-order valence-electron chi connectivity index (χ0n) is 16.3. The van der Waals surface area contributed by atoms with Gasteiger partial charge in [0.05, 0.1) is 24.6 Å². The highest BCUT2D eigenvalue weighted by Gasteiger charge is 2.45.